The van der Waals surface area contributed by atoms with E-state index in [2.05, 4.69) is 15.3 Å². The molecule has 3 N–H and O–H groups in total. The Morgan fingerprint density at radius 2 is 1.42 bits per heavy atom. The van der Waals surface area contributed by atoms with E-state index >= 15 is 0 Å². The predicted molar refractivity (Wildman–Crippen MR) is 83.7 cm³/mol. The van der Waals surface area contributed by atoms with E-state index < -0.39 is 29.2 Å². The maximum atomic E-state index is 12.9. The van der Waals surface area contributed by atoms with Gasteiger partial charge < -0.3 is 11.1 Å². The van der Waals surface area contributed by atoms with Crippen LogP contribution in [0.15, 0.2) is 42.7 Å². The Kier molecular flexibility index (Phi) is 4.13. The molecule has 2 aromatic carbocycles. The van der Waals surface area contributed by atoms with E-state index in [4.69, 9.17) is 5.73 Å². The zero-order chi connectivity index (χ0) is 19.1. The first-order valence-corrected chi connectivity index (χ1v) is 7.11. The zero-order valence-corrected chi connectivity index (χ0v) is 12.8. The number of rotatable bonds is 2. The minimum Gasteiger partial charge on any atom is -0.399 e. The Balaban J connectivity index is 2.12. The van der Waals surface area contributed by atoms with Crippen LogP contribution >= 0.6 is 0 Å². The Hall–Kier alpha value is -3.04. The van der Waals surface area contributed by atoms with Gasteiger partial charge in [0.05, 0.1) is 16.6 Å². The van der Waals surface area contributed by atoms with Gasteiger partial charge in [-0.05, 0) is 36.4 Å². The van der Waals surface area contributed by atoms with Crippen LogP contribution in [0.1, 0.15) is 11.1 Å². The summed E-state index contributed by atoms with van der Waals surface area (Å²) in [5.74, 6) is 0.0368. The predicted octanol–water partition coefficient (Wildman–Crippen LogP) is 4.99. The van der Waals surface area contributed by atoms with Crippen molar-refractivity contribution >= 4 is 28.1 Å². The van der Waals surface area contributed by atoms with E-state index in [1.807, 2.05) is 0 Å². The van der Waals surface area contributed by atoms with Gasteiger partial charge in [-0.15, -0.1) is 0 Å². The Bertz CT molecular complexity index is 933. The Morgan fingerprint density at radius 3 is 2.00 bits per heavy atom. The van der Waals surface area contributed by atoms with Crippen LogP contribution < -0.4 is 11.1 Å². The van der Waals surface area contributed by atoms with Gasteiger partial charge in [-0.25, -0.2) is 9.97 Å². The molecule has 0 bridgehead atoms. The van der Waals surface area contributed by atoms with Gasteiger partial charge in [-0.3, -0.25) is 0 Å². The molecule has 3 rings (SSSR count). The van der Waals surface area contributed by atoms with Crippen molar-refractivity contribution in [1.29, 1.82) is 0 Å². The normalized spacial score (nSPS) is 12.4. The summed E-state index contributed by atoms with van der Waals surface area (Å²) in [4.78, 5) is 7.86. The van der Waals surface area contributed by atoms with Gasteiger partial charge in [0.25, 0.3) is 0 Å². The maximum absolute atomic E-state index is 12.9. The van der Waals surface area contributed by atoms with E-state index in [0.717, 1.165) is 6.33 Å². The first-order valence-electron chi connectivity index (χ1n) is 7.11. The summed E-state index contributed by atoms with van der Waals surface area (Å²) in [6.07, 6.45) is -8.73. The molecule has 0 unspecified atom stereocenters. The van der Waals surface area contributed by atoms with Crippen LogP contribution in [0.25, 0.3) is 10.9 Å². The van der Waals surface area contributed by atoms with Crippen molar-refractivity contribution < 1.29 is 26.3 Å². The number of fused-ring (bicyclic) bond motifs is 1. The molecule has 10 heteroatoms. The second kappa shape index (κ2) is 6.04. The van der Waals surface area contributed by atoms with Gasteiger partial charge >= 0.3 is 12.4 Å². The highest BCUT2D eigenvalue weighted by Crippen LogP contribution is 2.38. The number of nitrogen functional groups attached to an aromatic ring is 1. The fraction of sp³-hybridized carbons (Fsp3) is 0.125. The number of anilines is 3. The summed E-state index contributed by atoms with van der Waals surface area (Å²) in [7, 11) is 0. The highest BCUT2D eigenvalue weighted by Gasteiger charge is 2.37. The van der Waals surface area contributed by atoms with Gasteiger partial charge in [0.15, 0.2) is 0 Å². The highest BCUT2D eigenvalue weighted by atomic mass is 19.4. The summed E-state index contributed by atoms with van der Waals surface area (Å²) < 4.78 is 77.7. The molecule has 0 aliphatic carbocycles. The molecule has 0 spiro atoms. The second-order valence-corrected chi connectivity index (χ2v) is 5.42. The SMILES string of the molecule is Nc1ccc2ncnc(Nc3cc(C(F)(F)F)cc(C(F)(F)F)c3)c2c1. The third-order valence-corrected chi connectivity index (χ3v) is 3.51. The number of benzene rings is 2. The van der Waals surface area contributed by atoms with Crippen molar-refractivity contribution in [3.63, 3.8) is 0 Å². The topological polar surface area (TPSA) is 63.8 Å². The molecule has 0 aliphatic heterocycles. The average molecular weight is 372 g/mol. The number of halogens is 6. The molecule has 0 saturated carbocycles. The molecule has 26 heavy (non-hydrogen) atoms. The van der Waals surface area contributed by atoms with Gasteiger partial charge in [0.1, 0.15) is 12.1 Å². The van der Waals surface area contributed by atoms with Crippen molar-refractivity contribution in [1.82, 2.24) is 9.97 Å². The highest BCUT2D eigenvalue weighted by molar-refractivity contribution is 5.92. The number of nitrogens with one attached hydrogen (secondary N) is 1. The molecule has 0 radical (unpaired) electrons. The van der Waals surface area contributed by atoms with Gasteiger partial charge in [0, 0.05) is 16.8 Å². The lowest BCUT2D eigenvalue weighted by Gasteiger charge is -2.15. The monoisotopic (exact) mass is 372 g/mol. The molecule has 4 nitrogen and oxygen atoms in total. The Morgan fingerprint density at radius 1 is 0.808 bits per heavy atom. The van der Waals surface area contributed by atoms with E-state index in [-0.39, 0.29) is 11.9 Å². The average Bonchev–Trinajstić information content (AvgIpc) is 2.53. The summed E-state index contributed by atoms with van der Waals surface area (Å²) >= 11 is 0. The third-order valence-electron chi connectivity index (χ3n) is 3.51. The van der Waals surface area contributed by atoms with Crippen LogP contribution in [-0.4, -0.2) is 9.97 Å². The lowest BCUT2D eigenvalue weighted by Crippen LogP contribution is -2.11. The molecule has 1 aromatic heterocycles. The Labute approximate surface area is 142 Å². The van der Waals surface area contributed by atoms with Gasteiger partial charge in [0.2, 0.25) is 0 Å². The van der Waals surface area contributed by atoms with Crippen molar-refractivity contribution in [2.24, 2.45) is 0 Å². The van der Waals surface area contributed by atoms with E-state index in [1.54, 1.807) is 12.1 Å². The summed E-state index contributed by atoms with van der Waals surface area (Å²) in [5, 5.41) is 2.85. The molecule has 136 valence electrons. The number of nitrogens with two attached hydrogens (primary N) is 1. The summed E-state index contributed by atoms with van der Waals surface area (Å²) in [5.41, 5.74) is 3.19. The minimum atomic E-state index is -4.93. The van der Waals surface area contributed by atoms with Crippen LogP contribution in [0, 0.1) is 0 Å². The van der Waals surface area contributed by atoms with Crippen molar-refractivity contribution in [3.05, 3.63) is 53.9 Å². The minimum absolute atomic E-state index is 0.0368. The molecule has 0 atom stereocenters. The first kappa shape index (κ1) is 17.8. The molecule has 0 saturated heterocycles. The number of hydrogen-bond donors (Lipinski definition) is 2. The van der Waals surface area contributed by atoms with Crippen LogP contribution in [0.5, 0.6) is 0 Å². The number of nitrogens with zero attached hydrogens (tertiary/aromatic N) is 2. The van der Waals surface area contributed by atoms with Crippen molar-refractivity contribution in [3.8, 4) is 0 Å². The molecule has 0 aliphatic rings. The summed E-state index contributed by atoms with van der Waals surface area (Å²) in [6, 6.07) is 5.80. The molecular formula is C16H10F6N4. The fourth-order valence-electron chi connectivity index (χ4n) is 2.34. The molecule has 0 amide bonds. The number of aromatic nitrogens is 2. The second-order valence-electron chi connectivity index (χ2n) is 5.42. The van der Waals surface area contributed by atoms with Crippen LogP contribution in [-0.2, 0) is 12.4 Å². The van der Waals surface area contributed by atoms with E-state index in [1.165, 1.54) is 6.07 Å². The quantitative estimate of drug-likeness (QED) is 0.491. The molecular weight excluding hydrogens is 362 g/mol. The maximum Gasteiger partial charge on any atom is 0.416 e. The fourth-order valence-corrected chi connectivity index (χ4v) is 2.34. The van der Waals surface area contributed by atoms with Gasteiger partial charge in [-0.2, -0.15) is 26.3 Å². The third kappa shape index (κ3) is 3.63. The lowest BCUT2D eigenvalue weighted by atomic mass is 10.1. The molecule has 0 fully saturated rings. The lowest BCUT2D eigenvalue weighted by molar-refractivity contribution is -0.143. The van der Waals surface area contributed by atoms with Crippen molar-refractivity contribution in [2.45, 2.75) is 12.4 Å². The number of alkyl halides is 6. The molecule has 1 heterocycles. The largest absolute Gasteiger partial charge is 0.416 e. The van der Waals surface area contributed by atoms with E-state index in [9.17, 15) is 26.3 Å². The van der Waals surface area contributed by atoms with Crippen LogP contribution in [0.3, 0.4) is 0 Å². The van der Waals surface area contributed by atoms with Crippen LogP contribution in [0.2, 0.25) is 0 Å². The van der Waals surface area contributed by atoms with Crippen LogP contribution in [0.4, 0.5) is 43.5 Å². The number of hydrogen-bond acceptors (Lipinski definition) is 4. The summed E-state index contributed by atoms with van der Waals surface area (Å²) in [6.45, 7) is 0. The standard InChI is InChI=1S/C16H10F6N4/c17-15(18,19)8-3-9(16(20,21)22)5-11(4-8)26-14-12-6-10(23)1-2-13(12)24-7-25-14/h1-7H,23H2,(H,24,25,26). The smallest absolute Gasteiger partial charge is 0.399 e. The zero-order valence-electron chi connectivity index (χ0n) is 12.8. The first-order chi connectivity index (χ1) is 12.0. The molecule has 3 aromatic rings. The van der Waals surface area contributed by atoms with E-state index in [0.29, 0.717) is 28.7 Å². The van der Waals surface area contributed by atoms with Crippen molar-refractivity contribution in [2.75, 3.05) is 11.1 Å². The van der Waals surface area contributed by atoms with Gasteiger partial charge in [-0.1, -0.05) is 0 Å².